The monoisotopic (exact) mass is 471 g/mol. The Morgan fingerprint density at radius 2 is 1.46 bits per heavy atom. The number of nitrogens with zero attached hydrogens (tertiary/aromatic N) is 3. The van der Waals surface area contributed by atoms with Crippen LogP contribution in [0.2, 0.25) is 0 Å². The minimum atomic E-state index is -1.10. The fourth-order valence-corrected chi connectivity index (χ4v) is 4.56. The Hall–Kier alpha value is -4.14. The van der Waals surface area contributed by atoms with Crippen LogP contribution in [0.25, 0.3) is 5.69 Å². The van der Waals surface area contributed by atoms with Gasteiger partial charge < -0.3 is 14.9 Å². The van der Waals surface area contributed by atoms with Crippen molar-refractivity contribution in [2.45, 2.75) is 18.7 Å². The molecule has 0 bridgehead atoms. The van der Waals surface area contributed by atoms with Gasteiger partial charge in [0.15, 0.2) is 0 Å². The van der Waals surface area contributed by atoms with Crippen molar-refractivity contribution in [3.63, 3.8) is 0 Å². The van der Waals surface area contributed by atoms with Gasteiger partial charge in [0.05, 0.1) is 18.8 Å². The molecule has 2 atom stereocenters. The molecule has 0 saturated carbocycles. The smallest absolute Gasteiger partial charge is 0.352 e. The van der Waals surface area contributed by atoms with Crippen molar-refractivity contribution in [1.29, 1.82) is 0 Å². The fourth-order valence-electron chi connectivity index (χ4n) is 4.56. The third-order valence-corrected chi connectivity index (χ3v) is 6.22. The van der Waals surface area contributed by atoms with E-state index >= 15 is 0 Å². The minimum Gasteiger partial charge on any atom is -0.489 e. The number of aliphatic hydroxyl groups is 2. The molecule has 1 aromatic heterocycles. The van der Waals surface area contributed by atoms with Gasteiger partial charge in [0.1, 0.15) is 24.5 Å². The fraction of sp³-hybridized carbons (Fsp3) is 0.185. The Kier molecular flexibility index (Phi) is 6.22. The summed E-state index contributed by atoms with van der Waals surface area (Å²) >= 11 is 0. The number of aromatic nitrogens is 3. The highest BCUT2D eigenvalue weighted by Gasteiger charge is 2.36. The summed E-state index contributed by atoms with van der Waals surface area (Å²) in [6, 6.07) is 25.9. The summed E-state index contributed by atoms with van der Waals surface area (Å²) < 4.78 is 9.60. The molecule has 1 aliphatic heterocycles. The second-order valence-corrected chi connectivity index (χ2v) is 8.31. The van der Waals surface area contributed by atoms with Gasteiger partial charge in [-0.3, -0.25) is 0 Å². The second kappa shape index (κ2) is 9.61. The van der Waals surface area contributed by atoms with Crippen molar-refractivity contribution < 1.29 is 14.9 Å². The number of benzene rings is 3. The maximum Gasteiger partial charge on any atom is 0.352 e. The van der Waals surface area contributed by atoms with E-state index in [0.29, 0.717) is 28.1 Å². The van der Waals surface area contributed by atoms with Gasteiger partial charge in [-0.25, -0.2) is 23.5 Å². The zero-order valence-corrected chi connectivity index (χ0v) is 18.9. The molecule has 0 amide bonds. The van der Waals surface area contributed by atoms with E-state index in [1.54, 1.807) is 42.5 Å². The summed E-state index contributed by atoms with van der Waals surface area (Å²) in [6.45, 7) is -0.362. The summed E-state index contributed by atoms with van der Waals surface area (Å²) in [7, 11) is 0. The number of hydrogen-bond acceptors (Lipinski definition) is 5. The van der Waals surface area contributed by atoms with Gasteiger partial charge in [0.25, 0.3) is 0 Å². The van der Waals surface area contributed by atoms with Crippen molar-refractivity contribution in [1.82, 2.24) is 13.9 Å². The average Bonchev–Trinajstić information content (AvgIpc) is 3.16. The molecular weight excluding hydrogens is 446 g/mol. The Morgan fingerprint density at radius 3 is 2.09 bits per heavy atom. The maximum absolute atomic E-state index is 13.5. The van der Waals surface area contributed by atoms with Crippen LogP contribution in [0, 0.1) is 0 Å². The highest BCUT2D eigenvalue weighted by Crippen LogP contribution is 2.35. The van der Waals surface area contributed by atoms with Crippen LogP contribution in [-0.2, 0) is 6.54 Å². The quantitative estimate of drug-likeness (QED) is 0.404. The summed E-state index contributed by atoms with van der Waals surface area (Å²) in [6.07, 6.45) is -1.10. The van der Waals surface area contributed by atoms with Crippen LogP contribution in [-0.4, -0.2) is 37.4 Å². The molecule has 0 fully saturated rings. The van der Waals surface area contributed by atoms with Gasteiger partial charge in [-0.2, -0.15) is 0 Å². The zero-order chi connectivity index (χ0) is 24.4. The van der Waals surface area contributed by atoms with E-state index < -0.39 is 30.1 Å². The third-order valence-electron chi connectivity index (χ3n) is 6.22. The molecular formula is C27H25N3O5. The summed E-state index contributed by atoms with van der Waals surface area (Å²) in [4.78, 5) is 26.8. The number of fused-ring (bicyclic) bond motifs is 1. The van der Waals surface area contributed by atoms with E-state index in [-0.39, 0.29) is 13.2 Å². The van der Waals surface area contributed by atoms with Crippen LogP contribution in [0.4, 0.5) is 0 Å². The zero-order valence-electron chi connectivity index (χ0n) is 18.9. The van der Waals surface area contributed by atoms with Crippen molar-refractivity contribution in [3.8, 4) is 11.4 Å². The highest BCUT2D eigenvalue weighted by molar-refractivity contribution is 5.36. The molecule has 2 N–H and O–H groups in total. The standard InChI is InChI=1S/C27H25N3O5/c31-17-23-24(25(32)19-10-4-1-5-11-19)20(18-35-22-14-8-3-9-15-22)16-28-26(33)29(27(34)30(23)28)21-12-6-2-7-13-21/h1-15,23,25,31-32H,16-18H2/t23-,25+/m0/s1. The third kappa shape index (κ3) is 4.14. The molecule has 3 aromatic carbocycles. The van der Waals surface area contributed by atoms with Gasteiger partial charge in [0.2, 0.25) is 0 Å². The van der Waals surface area contributed by atoms with Gasteiger partial charge in [0, 0.05) is 0 Å². The van der Waals surface area contributed by atoms with Crippen LogP contribution >= 0.6 is 0 Å². The lowest BCUT2D eigenvalue weighted by Gasteiger charge is -2.32. The Labute approximate surface area is 201 Å². The SMILES string of the molecule is O=c1n(-c2ccccc2)c(=O)n2n1CC(COc1ccccc1)=C([C@H](O)c1ccccc1)[C@@H]2CO. The van der Waals surface area contributed by atoms with Gasteiger partial charge in [-0.15, -0.1) is 0 Å². The number of hydrogen-bond donors (Lipinski definition) is 2. The summed E-state index contributed by atoms with van der Waals surface area (Å²) in [5.74, 6) is 0.631. The van der Waals surface area contributed by atoms with Crippen LogP contribution in [0.5, 0.6) is 5.75 Å². The maximum atomic E-state index is 13.5. The number of para-hydroxylation sites is 2. The normalized spacial score (nSPS) is 16.1. The number of aliphatic hydroxyl groups excluding tert-OH is 2. The molecule has 0 radical (unpaired) electrons. The van der Waals surface area contributed by atoms with E-state index in [0.717, 1.165) is 4.57 Å². The molecule has 0 aliphatic carbocycles. The lowest BCUT2D eigenvalue weighted by molar-refractivity contribution is 0.149. The van der Waals surface area contributed by atoms with Crippen LogP contribution < -0.4 is 16.1 Å². The Balaban J connectivity index is 1.64. The van der Waals surface area contributed by atoms with E-state index in [2.05, 4.69) is 0 Å². The molecule has 35 heavy (non-hydrogen) atoms. The van der Waals surface area contributed by atoms with E-state index in [9.17, 15) is 19.8 Å². The molecule has 0 saturated heterocycles. The van der Waals surface area contributed by atoms with E-state index in [1.807, 2.05) is 48.5 Å². The average molecular weight is 472 g/mol. The first-order chi connectivity index (χ1) is 17.1. The van der Waals surface area contributed by atoms with Crippen molar-refractivity contribution >= 4 is 0 Å². The van der Waals surface area contributed by atoms with Crippen molar-refractivity contribution in [2.75, 3.05) is 13.2 Å². The molecule has 1 aliphatic rings. The molecule has 5 rings (SSSR count). The Bertz CT molecular complexity index is 1450. The first kappa shape index (κ1) is 22.6. The molecule has 4 aromatic rings. The highest BCUT2D eigenvalue weighted by atomic mass is 16.5. The number of ether oxygens (including phenoxy) is 1. The van der Waals surface area contributed by atoms with Crippen LogP contribution in [0.3, 0.4) is 0 Å². The molecule has 178 valence electrons. The predicted molar refractivity (Wildman–Crippen MR) is 131 cm³/mol. The summed E-state index contributed by atoms with van der Waals surface area (Å²) in [5, 5.41) is 21.8. The first-order valence-corrected chi connectivity index (χ1v) is 11.3. The first-order valence-electron chi connectivity index (χ1n) is 11.3. The lowest BCUT2D eigenvalue weighted by Crippen LogP contribution is -2.40. The van der Waals surface area contributed by atoms with Crippen LogP contribution in [0.1, 0.15) is 17.7 Å². The van der Waals surface area contributed by atoms with Crippen molar-refractivity contribution in [3.05, 3.63) is 129 Å². The molecule has 2 heterocycles. The minimum absolute atomic E-state index is 0.0382. The van der Waals surface area contributed by atoms with E-state index in [4.69, 9.17) is 4.74 Å². The second-order valence-electron chi connectivity index (χ2n) is 8.31. The van der Waals surface area contributed by atoms with E-state index in [1.165, 1.54) is 9.36 Å². The lowest BCUT2D eigenvalue weighted by atomic mass is 9.90. The number of rotatable bonds is 7. The molecule has 8 nitrogen and oxygen atoms in total. The molecule has 0 spiro atoms. The van der Waals surface area contributed by atoms with Crippen LogP contribution in [0.15, 0.2) is 112 Å². The summed E-state index contributed by atoms with van der Waals surface area (Å²) in [5.41, 5.74) is 1.01. The topological polar surface area (TPSA) is 98.6 Å². The van der Waals surface area contributed by atoms with Gasteiger partial charge >= 0.3 is 11.4 Å². The van der Waals surface area contributed by atoms with Gasteiger partial charge in [-0.05, 0) is 41.0 Å². The van der Waals surface area contributed by atoms with Gasteiger partial charge in [-0.1, -0.05) is 66.7 Å². The van der Waals surface area contributed by atoms with Crippen molar-refractivity contribution in [2.24, 2.45) is 0 Å². The molecule has 0 unspecified atom stereocenters. The predicted octanol–water partition coefficient (Wildman–Crippen LogP) is 2.46. The Morgan fingerprint density at radius 1 is 0.857 bits per heavy atom. The molecule has 8 heteroatoms. The largest absolute Gasteiger partial charge is 0.489 e.